The van der Waals surface area contributed by atoms with Gasteiger partial charge in [-0.1, -0.05) is 0 Å². The van der Waals surface area contributed by atoms with Crippen molar-refractivity contribution >= 4 is 17.5 Å². The second kappa shape index (κ2) is 4.00. The first-order valence-electron chi connectivity index (χ1n) is 4.56. The maximum absolute atomic E-state index is 10.9. The Hall–Kier alpha value is -1.03. The predicted molar refractivity (Wildman–Crippen MR) is 51.0 cm³/mol. The van der Waals surface area contributed by atoms with E-state index in [2.05, 4.69) is 10.3 Å². The molecule has 5 heteroatoms. The Morgan fingerprint density at radius 2 is 2.57 bits per heavy atom. The highest BCUT2D eigenvalue weighted by Gasteiger charge is 2.23. The second-order valence-corrected chi connectivity index (χ2v) is 3.62. The third-order valence-electron chi connectivity index (χ3n) is 2.32. The monoisotopic (exact) mass is 214 g/mol. The number of oxazole rings is 1. The smallest absolute Gasteiger partial charge is 0.220 e. The zero-order valence-corrected chi connectivity index (χ0v) is 8.38. The molecule has 1 atom stereocenters. The van der Waals surface area contributed by atoms with Gasteiger partial charge in [-0.2, -0.15) is 0 Å². The molecule has 1 amide bonds. The van der Waals surface area contributed by atoms with E-state index in [-0.39, 0.29) is 11.8 Å². The highest BCUT2D eigenvalue weighted by Crippen LogP contribution is 2.23. The minimum atomic E-state index is 0.102. The summed E-state index contributed by atoms with van der Waals surface area (Å²) in [6, 6.07) is 0. The van der Waals surface area contributed by atoms with Crippen LogP contribution in [0.25, 0.3) is 0 Å². The molecule has 1 saturated heterocycles. The Kier molecular flexibility index (Phi) is 2.72. The summed E-state index contributed by atoms with van der Waals surface area (Å²) >= 11 is 5.61. The third kappa shape index (κ3) is 1.90. The Bertz CT molecular complexity index is 327. The van der Waals surface area contributed by atoms with E-state index in [1.165, 1.54) is 0 Å². The van der Waals surface area contributed by atoms with Gasteiger partial charge in [0.2, 0.25) is 5.91 Å². The van der Waals surface area contributed by atoms with Gasteiger partial charge >= 0.3 is 0 Å². The van der Waals surface area contributed by atoms with Crippen molar-refractivity contribution in [2.45, 2.75) is 24.6 Å². The van der Waals surface area contributed by atoms with Crippen molar-refractivity contribution in [1.29, 1.82) is 0 Å². The largest absolute Gasteiger partial charge is 0.448 e. The van der Waals surface area contributed by atoms with Gasteiger partial charge in [-0.25, -0.2) is 4.98 Å². The minimum absolute atomic E-state index is 0.102. The Balaban J connectivity index is 2.04. The van der Waals surface area contributed by atoms with Crippen LogP contribution in [0, 0.1) is 0 Å². The lowest BCUT2D eigenvalue weighted by Gasteiger charge is -2.19. The fourth-order valence-electron chi connectivity index (χ4n) is 1.52. The molecule has 1 unspecified atom stereocenters. The molecular formula is C9H11ClN2O2. The number of carbonyl (C=O) groups excluding carboxylic acids is 1. The van der Waals surface area contributed by atoms with Crippen LogP contribution in [0.2, 0.25) is 0 Å². The van der Waals surface area contributed by atoms with Crippen LogP contribution in [0.5, 0.6) is 0 Å². The van der Waals surface area contributed by atoms with E-state index in [1.807, 2.05) is 0 Å². The van der Waals surface area contributed by atoms with E-state index in [0.29, 0.717) is 24.7 Å². The fourth-order valence-corrected chi connectivity index (χ4v) is 1.64. The first-order valence-corrected chi connectivity index (χ1v) is 5.10. The third-order valence-corrected chi connectivity index (χ3v) is 2.59. The van der Waals surface area contributed by atoms with Crippen LogP contribution in [0.4, 0.5) is 0 Å². The first-order chi connectivity index (χ1) is 6.79. The average molecular weight is 215 g/mol. The molecule has 1 aliphatic heterocycles. The Morgan fingerprint density at radius 1 is 1.71 bits per heavy atom. The van der Waals surface area contributed by atoms with E-state index in [9.17, 15) is 4.79 Å². The summed E-state index contributed by atoms with van der Waals surface area (Å²) in [6.45, 7) is 0.612. The van der Waals surface area contributed by atoms with Crippen LogP contribution in [0.3, 0.4) is 0 Å². The van der Waals surface area contributed by atoms with E-state index in [4.69, 9.17) is 16.0 Å². The number of halogens is 1. The summed E-state index contributed by atoms with van der Waals surface area (Å²) in [5, 5.41) is 2.79. The van der Waals surface area contributed by atoms with Crippen molar-refractivity contribution in [2.75, 3.05) is 6.54 Å². The summed E-state index contributed by atoms with van der Waals surface area (Å²) in [4.78, 5) is 15.1. The highest BCUT2D eigenvalue weighted by molar-refractivity contribution is 6.16. The molecule has 1 fully saturated rings. The van der Waals surface area contributed by atoms with Crippen LogP contribution in [0.15, 0.2) is 10.7 Å². The minimum Gasteiger partial charge on any atom is -0.448 e. The van der Waals surface area contributed by atoms with Crippen molar-refractivity contribution in [3.63, 3.8) is 0 Å². The van der Waals surface area contributed by atoms with Crippen molar-refractivity contribution in [3.05, 3.63) is 17.8 Å². The summed E-state index contributed by atoms with van der Waals surface area (Å²) in [5.74, 6) is 1.35. The Labute approximate surface area is 86.6 Å². The molecule has 1 aromatic rings. The average Bonchev–Trinajstić information content (AvgIpc) is 2.67. The van der Waals surface area contributed by atoms with Gasteiger partial charge in [-0.3, -0.25) is 4.79 Å². The van der Waals surface area contributed by atoms with Crippen LogP contribution >= 0.6 is 11.6 Å². The van der Waals surface area contributed by atoms with Gasteiger partial charge in [0, 0.05) is 13.0 Å². The lowest BCUT2D eigenvalue weighted by atomic mass is 9.99. The summed E-state index contributed by atoms with van der Waals surface area (Å²) < 4.78 is 5.28. The maximum Gasteiger partial charge on any atom is 0.220 e. The van der Waals surface area contributed by atoms with Crippen LogP contribution in [-0.4, -0.2) is 17.4 Å². The van der Waals surface area contributed by atoms with Gasteiger partial charge in [0.05, 0.1) is 17.5 Å². The molecule has 0 aliphatic carbocycles. The number of nitrogens with zero attached hydrogens (tertiary/aromatic N) is 1. The van der Waals surface area contributed by atoms with Gasteiger partial charge in [0.1, 0.15) is 6.26 Å². The fraction of sp³-hybridized carbons (Fsp3) is 0.556. The molecule has 14 heavy (non-hydrogen) atoms. The van der Waals surface area contributed by atoms with Crippen LogP contribution in [0.1, 0.15) is 30.3 Å². The summed E-state index contributed by atoms with van der Waals surface area (Å²) in [5.41, 5.74) is 0.749. The van der Waals surface area contributed by atoms with Crippen LogP contribution in [-0.2, 0) is 10.7 Å². The van der Waals surface area contributed by atoms with Crippen molar-refractivity contribution in [1.82, 2.24) is 10.3 Å². The molecule has 2 rings (SSSR count). The number of amides is 1. The van der Waals surface area contributed by atoms with E-state index >= 15 is 0 Å². The topological polar surface area (TPSA) is 55.1 Å². The molecule has 2 heterocycles. The number of piperidine rings is 1. The van der Waals surface area contributed by atoms with Crippen LogP contribution < -0.4 is 5.32 Å². The lowest BCUT2D eigenvalue weighted by Crippen LogP contribution is -2.33. The maximum atomic E-state index is 10.9. The standard InChI is InChI=1S/C9H11ClN2O2/c10-3-7-5-14-9(12-7)6-1-2-8(13)11-4-6/h5-6H,1-4H2,(H,11,13). The van der Waals surface area contributed by atoms with Crippen molar-refractivity contribution in [3.8, 4) is 0 Å². The molecule has 76 valence electrons. The summed E-state index contributed by atoms with van der Waals surface area (Å²) in [6.07, 6.45) is 2.91. The highest BCUT2D eigenvalue weighted by atomic mass is 35.5. The van der Waals surface area contributed by atoms with Gasteiger partial charge < -0.3 is 9.73 Å². The van der Waals surface area contributed by atoms with E-state index in [0.717, 1.165) is 12.1 Å². The molecule has 0 spiro atoms. The normalized spacial score (nSPS) is 22.1. The molecule has 0 aromatic carbocycles. The van der Waals surface area contributed by atoms with E-state index in [1.54, 1.807) is 6.26 Å². The molecule has 0 bridgehead atoms. The predicted octanol–water partition coefficient (Wildman–Crippen LogP) is 1.41. The molecule has 0 radical (unpaired) electrons. The molecule has 1 aromatic heterocycles. The number of rotatable bonds is 2. The molecular weight excluding hydrogens is 204 g/mol. The lowest BCUT2D eigenvalue weighted by molar-refractivity contribution is -0.122. The number of carbonyl (C=O) groups is 1. The van der Waals surface area contributed by atoms with E-state index < -0.39 is 0 Å². The van der Waals surface area contributed by atoms with Crippen molar-refractivity contribution in [2.24, 2.45) is 0 Å². The Morgan fingerprint density at radius 3 is 3.14 bits per heavy atom. The number of hydrogen-bond donors (Lipinski definition) is 1. The molecule has 1 N–H and O–H groups in total. The summed E-state index contributed by atoms with van der Waals surface area (Å²) in [7, 11) is 0. The number of alkyl halides is 1. The second-order valence-electron chi connectivity index (χ2n) is 3.35. The molecule has 1 aliphatic rings. The zero-order valence-electron chi connectivity index (χ0n) is 7.62. The number of nitrogens with one attached hydrogen (secondary N) is 1. The van der Waals surface area contributed by atoms with Gasteiger partial charge in [-0.15, -0.1) is 11.6 Å². The number of aromatic nitrogens is 1. The SMILES string of the molecule is O=C1CCC(c2nc(CCl)co2)CN1. The van der Waals surface area contributed by atoms with Gasteiger partial charge in [-0.05, 0) is 6.42 Å². The first kappa shape index (κ1) is 9.52. The van der Waals surface area contributed by atoms with Gasteiger partial charge in [0.15, 0.2) is 5.89 Å². The van der Waals surface area contributed by atoms with Crippen molar-refractivity contribution < 1.29 is 9.21 Å². The van der Waals surface area contributed by atoms with Gasteiger partial charge in [0.25, 0.3) is 0 Å². The number of hydrogen-bond acceptors (Lipinski definition) is 3. The zero-order chi connectivity index (χ0) is 9.97. The molecule has 4 nitrogen and oxygen atoms in total. The quantitative estimate of drug-likeness (QED) is 0.758. The molecule has 0 saturated carbocycles.